The average Bonchev–Trinajstić information content (AvgIpc) is 2.46. The zero-order valence-corrected chi connectivity index (χ0v) is 12.4. The maximum absolute atomic E-state index is 11.8. The first-order valence-corrected chi connectivity index (χ1v) is 7.43. The van der Waals surface area contributed by atoms with E-state index in [1.165, 1.54) is 12.8 Å². The summed E-state index contributed by atoms with van der Waals surface area (Å²) in [6.45, 7) is 6.77. The zero-order valence-electron chi connectivity index (χ0n) is 12.4. The van der Waals surface area contributed by atoms with Crippen LogP contribution in [0.2, 0.25) is 0 Å². The summed E-state index contributed by atoms with van der Waals surface area (Å²) in [5.41, 5.74) is 8.33. The van der Waals surface area contributed by atoms with Crippen LogP contribution in [0.15, 0.2) is 18.2 Å². The van der Waals surface area contributed by atoms with Crippen molar-refractivity contribution in [2.24, 2.45) is 5.92 Å². The molecule has 0 unspecified atom stereocenters. The van der Waals surface area contributed by atoms with Crippen LogP contribution in [-0.2, 0) is 4.74 Å². The molecule has 1 fully saturated rings. The summed E-state index contributed by atoms with van der Waals surface area (Å²) in [6, 6.07) is 5.47. The van der Waals surface area contributed by atoms with Gasteiger partial charge in [-0.05, 0) is 43.4 Å². The molecule has 1 saturated heterocycles. The molecule has 4 nitrogen and oxygen atoms in total. The van der Waals surface area contributed by atoms with Crippen molar-refractivity contribution in [2.45, 2.75) is 33.1 Å². The molecule has 0 aromatic heterocycles. The van der Waals surface area contributed by atoms with Crippen LogP contribution in [0.25, 0.3) is 0 Å². The topological polar surface area (TPSA) is 55.6 Å². The van der Waals surface area contributed by atoms with E-state index in [1.54, 1.807) is 6.07 Å². The van der Waals surface area contributed by atoms with E-state index in [4.69, 9.17) is 10.5 Å². The van der Waals surface area contributed by atoms with Gasteiger partial charge in [0, 0.05) is 13.1 Å². The first-order chi connectivity index (χ1) is 9.61. The number of benzene rings is 1. The second kappa shape index (κ2) is 6.64. The Morgan fingerprint density at radius 1 is 1.40 bits per heavy atom. The predicted octanol–water partition coefficient (Wildman–Crippen LogP) is 3.07. The van der Waals surface area contributed by atoms with Gasteiger partial charge in [-0.25, -0.2) is 4.79 Å². The maximum atomic E-state index is 11.8. The van der Waals surface area contributed by atoms with Gasteiger partial charge in [-0.1, -0.05) is 13.8 Å². The van der Waals surface area contributed by atoms with Crippen LogP contribution < -0.4 is 10.6 Å². The molecule has 0 amide bonds. The number of nitrogens with two attached hydrogens (primary N) is 1. The van der Waals surface area contributed by atoms with Crippen molar-refractivity contribution in [3.8, 4) is 0 Å². The van der Waals surface area contributed by atoms with Crippen molar-refractivity contribution in [1.29, 1.82) is 0 Å². The third kappa shape index (κ3) is 3.44. The number of esters is 1. The lowest BCUT2D eigenvalue weighted by Gasteiger charge is -2.33. The highest BCUT2D eigenvalue weighted by Gasteiger charge is 2.18. The van der Waals surface area contributed by atoms with Crippen LogP contribution in [0, 0.1) is 5.92 Å². The molecule has 2 N–H and O–H groups in total. The van der Waals surface area contributed by atoms with Gasteiger partial charge in [0.25, 0.3) is 0 Å². The van der Waals surface area contributed by atoms with E-state index >= 15 is 0 Å². The van der Waals surface area contributed by atoms with Crippen molar-refractivity contribution >= 4 is 17.3 Å². The van der Waals surface area contributed by atoms with Crippen LogP contribution in [0.5, 0.6) is 0 Å². The van der Waals surface area contributed by atoms with Crippen LogP contribution in [0.3, 0.4) is 0 Å². The van der Waals surface area contributed by atoms with Crippen molar-refractivity contribution in [3.63, 3.8) is 0 Å². The number of nitrogen functional groups attached to an aromatic ring is 1. The Labute approximate surface area is 120 Å². The summed E-state index contributed by atoms with van der Waals surface area (Å²) < 4.78 is 5.12. The number of hydrogen-bond acceptors (Lipinski definition) is 4. The lowest BCUT2D eigenvalue weighted by molar-refractivity contribution is 0.0505. The molecule has 1 aliphatic rings. The molecule has 0 bridgehead atoms. The Kier molecular flexibility index (Phi) is 4.88. The molecule has 0 spiro atoms. The van der Waals surface area contributed by atoms with Gasteiger partial charge in [-0.2, -0.15) is 0 Å². The zero-order chi connectivity index (χ0) is 14.5. The Balaban J connectivity index is 2.07. The SMILES string of the molecule is CCCOC(=O)c1ccc(N2CCC(C)CC2)c(N)c1. The molecule has 4 heteroatoms. The minimum Gasteiger partial charge on any atom is -0.462 e. The van der Waals surface area contributed by atoms with Gasteiger partial charge in [0.2, 0.25) is 0 Å². The fourth-order valence-electron chi connectivity index (χ4n) is 2.50. The molecular formula is C16H24N2O2. The molecule has 1 aromatic rings. The highest BCUT2D eigenvalue weighted by atomic mass is 16.5. The normalized spacial score (nSPS) is 16.2. The van der Waals surface area contributed by atoms with Crippen LogP contribution in [-0.4, -0.2) is 25.7 Å². The Morgan fingerprint density at radius 2 is 2.10 bits per heavy atom. The molecule has 1 aliphatic heterocycles. The Hall–Kier alpha value is -1.71. The molecule has 2 rings (SSSR count). The van der Waals surface area contributed by atoms with E-state index < -0.39 is 0 Å². The number of anilines is 2. The van der Waals surface area contributed by atoms with E-state index in [2.05, 4.69) is 11.8 Å². The van der Waals surface area contributed by atoms with Crippen molar-refractivity contribution in [2.75, 3.05) is 30.3 Å². The highest BCUT2D eigenvalue weighted by Crippen LogP contribution is 2.28. The number of carbonyl (C=O) groups excluding carboxylic acids is 1. The first-order valence-electron chi connectivity index (χ1n) is 7.43. The van der Waals surface area contributed by atoms with Crippen LogP contribution >= 0.6 is 0 Å². The van der Waals surface area contributed by atoms with Gasteiger partial charge in [-0.3, -0.25) is 0 Å². The van der Waals surface area contributed by atoms with E-state index in [0.29, 0.717) is 17.9 Å². The molecule has 110 valence electrons. The fourth-order valence-corrected chi connectivity index (χ4v) is 2.50. The number of hydrogen-bond donors (Lipinski definition) is 1. The van der Waals surface area contributed by atoms with Crippen molar-refractivity contribution in [3.05, 3.63) is 23.8 Å². The standard InChI is InChI=1S/C16H24N2O2/c1-3-10-20-16(19)13-4-5-15(14(17)11-13)18-8-6-12(2)7-9-18/h4-5,11-12H,3,6-10,17H2,1-2H3. The van der Waals surface area contributed by atoms with Gasteiger partial charge in [0.05, 0.1) is 23.5 Å². The lowest BCUT2D eigenvalue weighted by Crippen LogP contribution is -2.33. The molecule has 0 atom stereocenters. The van der Waals surface area contributed by atoms with Gasteiger partial charge < -0.3 is 15.4 Å². The molecule has 20 heavy (non-hydrogen) atoms. The average molecular weight is 276 g/mol. The maximum Gasteiger partial charge on any atom is 0.338 e. The van der Waals surface area contributed by atoms with E-state index in [1.807, 2.05) is 19.1 Å². The minimum absolute atomic E-state index is 0.294. The summed E-state index contributed by atoms with van der Waals surface area (Å²) in [5.74, 6) is 0.494. The van der Waals surface area contributed by atoms with Gasteiger partial charge in [0.15, 0.2) is 0 Å². The third-order valence-electron chi connectivity index (χ3n) is 3.82. The van der Waals surface area contributed by atoms with Gasteiger partial charge >= 0.3 is 5.97 Å². The third-order valence-corrected chi connectivity index (χ3v) is 3.82. The molecule has 1 aromatic carbocycles. The predicted molar refractivity (Wildman–Crippen MR) is 82.0 cm³/mol. The number of ether oxygens (including phenoxy) is 1. The first kappa shape index (κ1) is 14.7. The quantitative estimate of drug-likeness (QED) is 0.678. The number of carbonyl (C=O) groups is 1. The van der Waals surface area contributed by atoms with Crippen molar-refractivity contribution in [1.82, 2.24) is 0 Å². The fraction of sp³-hybridized carbons (Fsp3) is 0.562. The van der Waals surface area contributed by atoms with Gasteiger partial charge in [0.1, 0.15) is 0 Å². The van der Waals surface area contributed by atoms with E-state index in [0.717, 1.165) is 31.1 Å². The summed E-state index contributed by atoms with van der Waals surface area (Å²) >= 11 is 0. The highest BCUT2D eigenvalue weighted by molar-refractivity contribution is 5.92. The Morgan fingerprint density at radius 3 is 2.70 bits per heavy atom. The van der Waals surface area contributed by atoms with Crippen molar-refractivity contribution < 1.29 is 9.53 Å². The summed E-state index contributed by atoms with van der Waals surface area (Å²) in [4.78, 5) is 14.1. The largest absolute Gasteiger partial charge is 0.462 e. The molecular weight excluding hydrogens is 252 g/mol. The molecule has 0 radical (unpaired) electrons. The van der Waals surface area contributed by atoms with E-state index in [9.17, 15) is 4.79 Å². The lowest BCUT2D eigenvalue weighted by atomic mass is 9.98. The molecule has 0 aliphatic carbocycles. The summed E-state index contributed by atoms with van der Waals surface area (Å²) in [5, 5.41) is 0. The van der Waals surface area contributed by atoms with Gasteiger partial charge in [-0.15, -0.1) is 0 Å². The summed E-state index contributed by atoms with van der Waals surface area (Å²) in [7, 11) is 0. The minimum atomic E-state index is -0.294. The molecule has 1 heterocycles. The Bertz CT molecular complexity index is 466. The molecule has 0 saturated carbocycles. The second-order valence-electron chi connectivity index (χ2n) is 5.58. The smallest absolute Gasteiger partial charge is 0.338 e. The summed E-state index contributed by atoms with van der Waals surface area (Å²) in [6.07, 6.45) is 3.21. The monoisotopic (exact) mass is 276 g/mol. The second-order valence-corrected chi connectivity index (χ2v) is 5.58. The van der Waals surface area contributed by atoms with Crippen LogP contribution in [0.4, 0.5) is 11.4 Å². The number of piperidine rings is 1. The number of rotatable bonds is 4. The van der Waals surface area contributed by atoms with Crippen LogP contribution in [0.1, 0.15) is 43.5 Å². The van der Waals surface area contributed by atoms with E-state index in [-0.39, 0.29) is 5.97 Å². The number of nitrogens with zero attached hydrogens (tertiary/aromatic N) is 1.